The highest BCUT2D eigenvalue weighted by Crippen LogP contribution is 2.34. The van der Waals surface area contributed by atoms with Crippen LogP contribution in [0.2, 0.25) is 0 Å². The highest BCUT2D eigenvalue weighted by Gasteiger charge is 2.38. The van der Waals surface area contributed by atoms with E-state index in [0.29, 0.717) is 5.92 Å². The summed E-state index contributed by atoms with van der Waals surface area (Å²) in [5, 5.41) is 23.2. The highest BCUT2D eigenvalue weighted by atomic mass is 16.6. The van der Waals surface area contributed by atoms with E-state index in [1.807, 2.05) is 0 Å². The first-order valence-electron chi connectivity index (χ1n) is 7.46. The van der Waals surface area contributed by atoms with Gasteiger partial charge in [-0.05, 0) is 37.8 Å². The SMILES string of the molecule is O=C(N[C@@H]1CCC[C@@H]2OCC[C@@H]21)c1ccc(O)c([N+](=O)[O-])c1. The Morgan fingerprint density at radius 3 is 2.95 bits per heavy atom. The lowest BCUT2D eigenvalue weighted by atomic mass is 9.81. The molecule has 2 N–H and O–H groups in total. The summed E-state index contributed by atoms with van der Waals surface area (Å²) in [5.74, 6) is -0.464. The van der Waals surface area contributed by atoms with Crippen molar-refractivity contribution in [2.24, 2.45) is 5.92 Å². The quantitative estimate of drug-likeness (QED) is 0.657. The van der Waals surface area contributed by atoms with Crippen LogP contribution in [0.15, 0.2) is 18.2 Å². The number of nitrogens with one attached hydrogen (secondary N) is 1. The van der Waals surface area contributed by atoms with Gasteiger partial charge in [0.05, 0.1) is 11.0 Å². The molecule has 0 bridgehead atoms. The monoisotopic (exact) mass is 306 g/mol. The maximum absolute atomic E-state index is 12.3. The number of benzene rings is 1. The van der Waals surface area contributed by atoms with E-state index in [2.05, 4.69) is 5.32 Å². The van der Waals surface area contributed by atoms with Crippen molar-refractivity contribution in [1.29, 1.82) is 0 Å². The summed E-state index contributed by atoms with van der Waals surface area (Å²) in [4.78, 5) is 22.5. The number of nitro groups is 1. The van der Waals surface area contributed by atoms with Crippen molar-refractivity contribution in [1.82, 2.24) is 5.32 Å². The Kier molecular flexibility index (Phi) is 3.98. The molecule has 0 unspecified atom stereocenters. The van der Waals surface area contributed by atoms with Crippen molar-refractivity contribution in [3.05, 3.63) is 33.9 Å². The first-order valence-corrected chi connectivity index (χ1v) is 7.46. The van der Waals surface area contributed by atoms with E-state index < -0.39 is 16.4 Å². The van der Waals surface area contributed by atoms with E-state index in [0.717, 1.165) is 38.4 Å². The van der Waals surface area contributed by atoms with E-state index in [1.165, 1.54) is 12.1 Å². The third kappa shape index (κ3) is 2.76. The van der Waals surface area contributed by atoms with Crippen LogP contribution < -0.4 is 5.32 Å². The number of amides is 1. The molecular formula is C15H18N2O5. The maximum atomic E-state index is 12.3. The van der Waals surface area contributed by atoms with Crippen molar-refractivity contribution in [3.8, 4) is 5.75 Å². The topological polar surface area (TPSA) is 102 Å². The first kappa shape index (κ1) is 14.8. The lowest BCUT2D eigenvalue weighted by Gasteiger charge is -2.33. The second-order valence-corrected chi connectivity index (χ2v) is 5.83. The summed E-state index contributed by atoms with van der Waals surface area (Å²) in [6.45, 7) is 0.729. The van der Waals surface area contributed by atoms with E-state index >= 15 is 0 Å². The summed E-state index contributed by atoms with van der Waals surface area (Å²) in [7, 11) is 0. The van der Waals surface area contributed by atoms with Crippen LogP contribution in [-0.2, 0) is 4.74 Å². The van der Waals surface area contributed by atoms with Crippen molar-refractivity contribution < 1.29 is 19.6 Å². The van der Waals surface area contributed by atoms with Crippen molar-refractivity contribution >= 4 is 11.6 Å². The number of phenolic OH excluding ortho intramolecular Hbond substituents is 1. The van der Waals surface area contributed by atoms with Crippen LogP contribution >= 0.6 is 0 Å². The number of ether oxygens (including phenoxy) is 1. The van der Waals surface area contributed by atoms with Gasteiger partial charge in [-0.2, -0.15) is 0 Å². The normalized spacial score (nSPS) is 27.2. The zero-order chi connectivity index (χ0) is 15.7. The lowest BCUT2D eigenvalue weighted by Crippen LogP contribution is -2.45. The predicted octanol–water partition coefficient (Wildman–Crippen LogP) is 1.99. The van der Waals surface area contributed by atoms with Crippen LogP contribution in [-0.4, -0.2) is 34.7 Å². The summed E-state index contributed by atoms with van der Waals surface area (Å²) < 4.78 is 5.67. The number of carbonyl (C=O) groups excluding carboxylic acids is 1. The van der Waals surface area contributed by atoms with Gasteiger partial charge in [-0.15, -0.1) is 0 Å². The van der Waals surface area contributed by atoms with Crippen molar-refractivity contribution in [2.45, 2.75) is 37.8 Å². The summed E-state index contributed by atoms with van der Waals surface area (Å²) >= 11 is 0. The smallest absolute Gasteiger partial charge is 0.311 e. The molecule has 1 aromatic rings. The van der Waals surface area contributed by atoms with Crippen LogP contribution in [0.3, 0.4) is 0 Å². The standard InChI is InChI=1S/C15H18N2O5/c18-13-5-4-9(8-12(13)17(20)21)15(19)16-11-2-1-3-14-10(11)6-7-22-14/h4-5,8,10-11,14,18H,1-3,6-7H2,(H,16,19)/t10-,11-,14+/m1/s1. The van der Waals surface area contributed by atoms with E-state index in [1.54, 1.807) is 0 Å². The average molecular weight is 306 g/mol. The molecule has 7 nitrogen and oxygen atoms in total. The second-order valence-electron chi connectivity index (χ2n) is 5.83. The van der Waals surface area contributed by atoms with E-state index in [-0.39, 0.29) is 23.6 Å². The third-order valence-corrected chi connectivity index (χ3v) is 4.53. The number of nitro benzene ring substituents is 1. The first-order chi connectivity index (χ1) is 10.6. The van der Waals surface area contributed by atoms with Gasteiger partial charge < -0.3 is 15.2 Å². The van der Waals surface area contributed by atoms with Crippen molar-refractivity contribution in [2.75, 3.05) is 6.61 Å². The molecule has 2 aliphatic rings. The van der Waals surface area contributed by atoms with Gasteiger partial charge in [0.2, 0.25) is 0 Å². The van der Waals surface area contributed by atoms with Gasteiger partial charge in [-0.3, -0.25) is 14.9 Å². The van der Waals surface area contributed by atoms with E-state index in [4.69, 9.17) is 4.74 Å². The van der Waals surface area contributed by atoms with Gasteiger partial charge in [0.1, 0.15) is 0 Å². The molecule has 0 spiro atoms. The second kappa shape index (κ2) is 5.92. The predicted molar refractivity (Wildman–Crippen MR) is 77.7 cm³/mol. The summed E-state index contributed by atoms with van der Waals surface area (Å²) in [5.41, 5.74) is -0.274. The fourth-order valence-electron chi connectivity index (χ4n) is 3.42. The van der Waals surface area contributed by atoms with Crippen LogP contribution in [0.1, 0.15) is 36.0 Å². The molecule has 1 amide bonds. The van der Waals surface area contributed by atoms with Gasteiger partial charge in [0.15, 0.2) is 5.75 Å². The minimum absolute atomic E-state index is 0.0432. The molecule has 3 atom stereocenters. The van der Waals surface area contributed by atoms with Gasteiger partial charge >= 0.3 is 5.69 Å². The van der Waals surface area contributed by atoms with Crippen LogP contribution in [0, 0.1) is 16.0 Å². The Hall–Kier alpha value is -2.15. The molecule has 0 aromatic heterocycles. The zero-order valence-electron chi connectivity index (χ0n) is 12.0. The number of rotatable bonds is 3. The molecule has 1 saturated carbocycles. The minimum atomic E-state index is -0.701. The van der Waals surface area contributed by atoms with Gasteiger partial charge in [-0.25, -0.2) is 0 Å². The molecule has 0 radical (unpaired) electrons. The molecule has 1 aliphatic carbocycles. The largest absolute Gasteiger partial charge is 0.502 e. The Bertz CT molecular complexity index is 604. The zero-order valence-corrected chi connectivity index (χ0v) is 12.0. The van der Waals surface area contributed by atoms with E-state index in [9.17, 15) is 20.0 Å². The summed E-state index contributed by atoms with van der Waals surface area (Å²) in [6, 6.07) is 3.72. The minimum Gasteiger partial charge on any atom is -0.502 e. The molecule has 3 rings (SSSR count). The van der Waals surface area contributed by atoms with Gasteiger partial charge in [0.25, 0.3) is 5.91 Å². The number of nitrogens with zero attached hydrogens (tertiary/aromatic N) is 1. The molecule has 118 valence electrons. The Morgan fingerprint density at radius 1 is 1.36 bits per heavy atom. The van der Waals surface area contributed by atoms with Crippen LogP contribution in [0.25, 0.3) is 0 Å². The molecule has 22 heavy (non-hydrogen) atoms. The molecule has 1 saturated heterocycles. The Morgan fingerprint density at radius 2 is 2.18 bits per heavy atom. The third-order valence-electron chi connectivity index (χ3n) is 4.53. The number of hydrogen-bond donors (Lipinski definition) is 2. The molecule has 7 heteroatoms. The molecule has 1 aliphatic heterocycles. The van der Waals surface area contributed by atoms with Crippen LogP contribution in [0.5, 0.6) is 5.75 Å². The lowest BCUT2D eigenvalue weighted by molar-refractivity contribution is -0.385. The van der Waals surface area contributed by atoms with Crippen molar-refractivity contribution in [3.63, 3.8) is 0 Å². The average Bonchev–Trinajstić information content (AvgIpc) is 2.97. The van der Waals surface area contributed by atoms with Crippen LogP contribution in [0.4, 0.5) is 5.69 Å². The number of phenols is 1. The molecular weight excluding hydrogens is 288 g/mol. The maximum Gasteiger partial charge on any atom is 0.311 e. The molecule has 1 heterocycles. The Balaban J connectivity index is 1.74. The number of aromatic hydroxyl groups is 1. The molecule has 1 aromatic carbocycles. The number of carbonyl (C=O) groups is 1. The van der Waals surface area contributed by atoms with Gasteiger partial charge in [-0.1, -0.05) is 0 Å². The summed E-state index contributed by atoms with van der Waals surface area (Å²) in [6.07, 6.45) is 4.08. The molecule has 2 fully saturated rings. The fraction of sp³-hybridized carbons (Fsp3) is 0.533. The number of fused-ring (bicyclic) bond motifs is 1. The number of hydrogen-bond acceptors (Lipinski definition) is 5. The fourth-order valence-corrected chi connectivity index (χ4v) is 3.42. The Labute approximate surface area is 127 Å². The highest BCUT2D eigenvalue weighted by molar-refractivity contribution is 5.95. The van der Waals surface area contributed by atoms with Gasteiger partial charge in [0, 0.05) is 30.2 Å².